The van der Waals surface area contributed by atoms with E-state index in [1.165, 1.54) is 11.8 Å². The van der Waals surface area contributed by atoms with E-state index in [4.69, 9.17) is 4.74 Å². The van der Waals surface area contributed by atoms with Gasteiger partial charge in [-0.3, -0.25) is 0 Å². The minimum absolute atomic E-state index is 0.212. The van der Waals surface area contributed by atoms with Gasteiger partial charge in [0, 0.05) is 20.5 Å². The Kier molecular flexibility index (Phi) is 9.04. The fourth-order valence-corrected chi connectivity index (χ4v) is 4.33. The molecule has 172 valence electrons. The largest absolute Gasteiger partial charge is 0.489 e. The third kappa shape index (κ3) is 6.19. The number of allylic oxidation sites excluding steroid dienone is 1. The average molecular weight is 487 g/mol. The van der Waals surface area contributed by atoms with E-state index in [-0.39, 0.29) is 5.75 Å². The summed E-state index contributed by atoms with van der Waals surface area (Å²) in [5, 5.41) is 0. The summed E-state index contributed by atoms with van der Waals surface area (Å²) < 4.78 is 73.0. The van der Waals surface area contributed by atoms with E-state index in [0.717, 1.165) is 31.6 Å². The molecule has 8 heteroatoms. The van der Waals surface area contributed by atoms with Crippen molar-refractivity contribution < 1.29 is 26.7 Å². The van der Waals surface area contributed by atoms with Gasteiger partial charge in [-0.2, -0.15) is 0 Å². The molecular formula is C24H23F5OS2. The second-order valence-corrected chi connectivity index (χ2v) is 9.52. The molecule has 0 aliphatic rings. The van der Waals surface area contributed by atoms with Gasteiger partial charge in [-0.25, -0.2) is 22.0 Å². The molecular weight excluding hydrogens is 463 g/mol. The van der Waals surface area contributed by atoms with Crippen molar-refractivity contribution in [2.24, 2.45) is 5.92 Å². The lowest BCUT2D eigenvalue weighted by Gasteiger charge is -2.15. The van der Waals surface area contributed by atoms with Crippen LogP contribution in [-0.2, 0) is 6.61 Å². The molecule has 0 amide bonds. The van der Waals surface area contributed by atoms with Crippen LogP contribution in [-0.4, -0.2) is 5.75 Å². The Bertz CT molecular complexity index is 1040. The van der Waals surface area contributed by atoms with Crippen molar-refractivity contribution in [1.29, 1.82) is 0 Å². The minimum Gasteiger partial charge on any atom is -0.489 e. The fourth-order valence-electron chi connectivity index (χ4n) is 2.35. The number of ether oxygens (including phenoxy) is 1. The number of rotatable bonds is 10. The smallest absolute Gasteiger partial charge is 0.200 e. The molecule has 32 heavy (non-hydrogen) atoms. The van der Waals surface area contributed by atoms with Crippen molar-refractivity contribution in [2.75, 3.05) is 5.75 Å². The summed E-state index contributed by atoms with van der Waals surface area (Å²) in [7, 11) is 0. The zero-order valence-corrected chi connectivity index (χ0v) is 19.6. The lowest BCUT2D eigenvalue weighted by Crippen LogP contribution is -2.09. The van der Waals surface area contributed by atoms with E-state index in [1.54, 1.807) is 30.0 Å². The van der Waals surface area contributed by atoms with Crippen molar-refractivity contribution >= 4 is 23.5 Å². The van der Waals surface area contributed by atoms with Crippen LogP contribution < -0.4 is 4.74 Å². The molecule has 2 aromatic rings. The van der Waals surface area contributed by atoms with E-state index in [2.05, 4.69) is 26.7 Å². The van der Waals surface area contributed by atoms with E-state index in [0.29, 0.717) is 5.92 Å². The van der Waals surface area contributed by atoms with Gasteiger partial charge in [-0.15, -0.1) is 11.8 Å². The van der Waals surface area contributed by atoms with Crippen LogP contribution in [0.5, 0.6) is 5.75 Å². The molecule has 0 spiro atoms. The molecule has 0 radical (unpaired) electrons. The molecule has 0 saturated carbocycles. The maximum absolute atomic E-state index is 13.9. The zero-order valence-electron chi connectivity index (χ0n) is 18.0. The lowest BCUT2D eigenvalue weighted by atomic mass is 10.1. The van der Waals surface area contributed by atoms with E-state index >= 15 is 0 Å². The van der Waals surface area contributed by atoms with Crippen LogP contribution in [0.1, 0.15) is 25.0 Å². The Hall–Kier alpha value is -2.19. The molecule has 0 aliphatic heterocycles. The molecule has 0 fully saturated rings. The molecule has 1 nitrogen and oxygen atoms in total. The van der Waals surface area contributed by atoms with Gasteiger partial charge in [0.1, 0.15) is 12.4 Å². The molecule has 1 atom stereocenters. The highest BCUT2D eigenvalue weighted by Crippen LogP contribution is 2.38. The van der Waals surface area contributed by atoms with Crippen LogP contribution in [0.3, 0.4) is 0 Å². The molecule has 0 bridgehead atoms. The first kappa shape index (κ1) is 26.1. The van der Waals surface area contributed by atoms with E-state index in [1.807, 2.05) is 13.8 Å². The maximum atomic E-state index is 13.9. The SMILES string of the molecule is C=C(SCC(C)C(=C)C)C(=C)Sc1cc(OCc2c(F)c(F)c(F)c(F)c2F)ccc1C. The van der Waals surface area contributed by atoms with Crippen molar-refractivity contribution in [3.63, 3.8) is 0 Å². The highest BCUT2D eigenvalue weighted by atomic mass is 32.2. The van der Waals surface area contributed by atoms with Crippen LogP contribution >= 0.6 is 23.5 Å². The minimum atomic E-state index is -2.20. The van der Waals surface area contributed by atoms with Crippen LogP contribution in [0.15, 0.2) is 58.2 Å². The molecule has 0 saturated heterocycles. The van der Waals surface area contributed by atoms with Crippen LogP contribution in [0.4, 0.5) is 22.0 Å². The van der Waals surface area contributed by atoms with Gasteiger partial charge in [0.05, 0.1) is 5.56 Å². The Morgan fingerprint density at radius 3 is 2.06 bits per heavy atom. The summed E-state index contributed by atoms with van der Waals surface area (Å²) in [6.07, 6.45) is 0. The van der Waals surface area contributed by atoms with Crippen LogP contribution in [0.2, 0.25) is 0 Å². The quantitative estimate of drug-likeness (QED) is 0.0834. The Morgan fingerprint density at radius 1 is 0.938 bits per heavy atom. The van der Waals surface area contributed by atoms with Crippen molar-refractivity contribution in [3.05, 3.63) is 93.5 Å². The summed E-state index contributed by atoms with van der Waals surface area (Å²) in [5.74, 6) is -8.67. The number of thioether (sulfide) groups is 2. The fraction of sp³-hybridized carbons (Fsp3) is 0.250. The Labute approximate surface area is 193 Å². The van der Waals surface area contributed by atoms with Gasteiger partial charge >= 0.3 is 0 Å². The summed E-state index contributed by atoms with van der Waals surface area (Å²) in [4.78, 5) is 2.29. The molecule has 0 aromatic heterocycles. The van der Waals surface area contributed by atoms with Gasteiger partial charge in [0.15, 0.2) is 23.3 Å². The Balaban J connectivity index is 2.11. The predicted molar refractivity (Wildman–Crippen MR) is 122 cm³/mol. The molecule has 0 aliphatic carbocycles. The number of benzene rings is 2. The lowest BCUT2D eigenvalue weighted by molar-refractivity contribution is 0.278. The van der Waals surface area contributed by atoms with Gasteiger partial charge in [-0.1, -0.05) is 50.1 Å². The van der Waals surface area contributed by atoms with Crippen molar-refractivity contribution in [3.8, 4) is 5.75 Å². The first-order valence-corrected chi connectivity index (χ1v) is 11.3. The summed E-state index contributed by atoms with van der Waals surface area (Å²) in [5.41, 5.74) is 0.947. The first-order chi connectivity index (χ1) is 14.9. The third-order valence-corrected chi connectivity index (χ3v) is 7.28. The normalized spacial score (nSPS) is 11.9. The summed E-state index contributed by atoms with van der Waals surface area (Å²) in [6, 6.07) is 4.89. The van der Waals surface area contributed by atoms with Gasteiger partial charge < -0.3 is 4.74 Å². The molecule has 2 rings (SSSR count). The number of halogens is 5. The van der Waals surface area contributed by atoms with Crippen LogP contribution in [0.25, 0.3) is 0 Å². The molecule has 2 aromatic carbocycles. The van der Waals surface area contributed by atoms with Gasteiger partial charge in [0.2, 0.25) is 5.82 Å². The summed E-state index contributed by atoms with van der Waals surface area (Å²) in [6.45, 7) is 17.1. The van der Waals surface area contributed by atoms with E-state index in [9.17, 15) is 22.0 Å². The maximum Gasteiger partial charge on any atom is 0.200 e. The average Bonchev–Trinajstić information content (AvgIpc) is 2.76. The zero-order chi connectivity index (χ0) is 24.2. The Morgan fingerprint density at radius 2 is 1.50 bits per heavy atom. The third-order valence-electron chi connectivity index (χ3n) is 4.74. The number of hydrogen-bond acceptors (Lipinski definition) is 3. The second kappa shape index (κ2) is 11.1. The van der Waals surface area contributed by atoms with Crippen molar-refractivity contribution in [2.45, 2.75) is 32.3 Å². The monoisotopic (exact) mass is 486 g/mol. The number of hydrogen-bond donors (Lipinski definition) is 0. The topological polar surface area (TPSA) is 9.23 Å². The summed E-state index contributed by atoms with van der Waals surface area (Å²) >= 11 is 2.93. The molecule has 0 N–H and O–H groups in total. The highest BCUT2D eigenvalue weighted by molar-refractivity contribution is 8.08. The van der Waals surface area contributed by atoms with Gasteiger partial charge in [-0.05, 0) is 37.5 Å². The first-order valence-electron chi connectivity index (χ1n) is 9.52. The predicted octanol–water partition coefficient (Wildman–Crippen LogP) is 8.33. The highest BCUT2D eigenvalue weighted by Gasteiger charge is 2.26. The molecule has 1 unspecified atom stereocenters. The van der Waals surface area contributed by atoms with Crippen LogP contribution in [0, 0.1) is 41.9 Å². The van der Waals surface area contributed by atoms with Gasteiger partial charge in [0.25, 0.3) is 0 Å². The van der Waals surface area contributed by atoms with Crippen molar-refractivity contribution in [1.82, 2.24) is 0 Å². The second-order valence-electron chi connectivity index (χ2n) is 7.27. The standard InChI is InChI=1S/C24H23F5OS2/c1-12(2)14(4)11-31-15(5)16(6)32-19-9-17(8-7-13(19)3)30-10-18-20(25)22(27)24(29)23(28)21(18)26/h7-9,14H,1,5-6,10-11H2,2-4H3. The number of aryl methyl sites for hydroxylation is 1. The molecule has 0 heterocycles. The van der Waals surface area contributed by atoms with E-state index < -0.39 is 41.3 Å².